The van der Waals surface area contributed by atoms with Crippen LogP contribution in [-0.2, 0) is 4.79 Å². The van der Waals surface area contributed by atoms with E-state index in [0.29, 0.717) is 12.2 Å². The third kappa shape index (κ3) is 1.66. The number of carbonyl (C=O) groups is 1. The average Bonchev–Trinajstić information content (AvgIpc) is 2.54. The molecule has 0 saturated heterocycles. The van der Waals surface area contributed by atoms with Crippen molar-refractivity contribution in [2.75, 3.05) is 0 Å². The van der Waals surface area contributed by atoms with E-state index in [1.807, 2.05) is 18.2 Å². The lowest BCUT2D eigenvalue weighted by Gasteiger charge is -2.11. The number of amides is 1. The third-order valence-corrected chi connectivity index (χ3v) is 1.60. The van der Waals surface area contributed by atoms with Crippen LogP contribution in [-0.4, -0.2) is 17.3 Å². The number of hydrogen-bond donors (Lipinski definition) is 0. The molecule has 0 saturated carbocycles. The van der Waals surface area contributed by atoms with Gasteiger partial charge in [-0.05, 0) is 12.1 Å². The van der Waals surface area contributed by atoms with Crippen LogP contribution < -0.4 is 4.84 Å². The van der Waals surface area contributed by atoms with Gasteiger partial charge in [-0.15, -0.1) is 5.10 Å². The molecule has 2 rings (SSSR count). The Hall–Kier alpha value is -1.84. The normalized spacial score (nSPS) is 15.1. The summed E-state index contributed by atoms with van der Waals surface area (Å²) in [6, 6.07) is 9.07. The monoisotopic (exact) mass is 176 g/mol. The van der Waals surface area contributed by atoms with E-state index in [1.54, 1.807) is 12.1 Å². The first-order valence-electron chi connectivity index (χ1n) is 3.95. The largest absolute Gasteiger partial charge is 0.355 e. The number of para-hydroxylation sites is 1. The van der Waals surface area contributed by atoms with Crippen LogP contribution in [0.25, 0.3) is 0 Å². The van der Waals surface area contributed by atoms with Crippen molar-refractivity contribution in [3.8, 4) is 5.75 Å². The van der Waals surface area contributed by atoms with Gasteiger partial charge in [0.15, 0.2) is 5.75 Å². The Balaban J connectivity index is 2.06. The fourth-order valence-electron chi connectivity index (χ4n) is 0.991. The van der Waals surface area contributed by atoms with E-state index in [-0.39, 0.29) is 5.91 Å². The van der Waals surface area contributed by atoms with Crippen LogP contribution in [0.15, 0.2) is 35.4 Å². The van der Waals surface area contributed by atoms with Crippen LogP contribution >= 0.6 is 0 Å². The fraction of sp³-hybridized carbons (Fsp3) is 0.111. The molecule has 0 aromatic heterocycles. The topological polar surface area (TPSA) is 41.9 Å². The summed E-state index contributed by atoms with van der Waals surface area (Å²) >= 11 is 0. The molecule has 4 nitrogen and oxygen atoms in total. The van der Waals surface area contributed by atoms with E-state index in [9.17, 15) is 4.79 Å². The molecule has 1 aliphatic rings. The molecule has 0 aliphatic carbocycles. The van der Waals surface area contributed by atoms with Gasteiger partial charge in [-0.25, -0.2) is 0 Å². The lowest BCUT2D eigenvalue weighted by Crippen LogP contribution is -2.24. The van der Waals surface area contributed by atoms with E-state index in [0.717, 1.165) is 5.17 Å². The maximum absolute atomic E-state index is 11.1. The number of hydroxylamine groups is 1. The van der Waals surface area contributed by atoms with Gasteiger partial charge < -0.3 is 4.84 Å². The van der Waals surface area contributed by atoms with Crippen molar-refractivity contribution in [1.29, 1.82) is 0 Å². The highest BCUT2D eigenvalue weighted by Gasteiger charge is 2.18. The molecule has 1 amide bonds. The van der Waals surface area contributed by atoms with Gasteiger partial charge in [-0.3, -0.25) is 4.79 Å². The third-order valence-electron chi connectivity index (χ3n) is 1.60. The van der Waals surface area contributed by atoms with Crippen molar-refractivity contribution in [1.82, 2.24) is 5.17 Å². The molecule has 0 fully saturated rings. The number of hydrazone groups is 1. The highest BCUT2D eigenvalue weighted by molar-refractivity contribution is 5.93. The van der Waals surface area contributed by atoms with E-state index >= 15 is 0 Å². The highest BCUT2D eigenvalue weighted by atomic mass is 16.7. The zero-order valence-corrected chi connectivity index (χ0v) is 6.88. The summed E-state index contributed by atoms with van der Waals surface area (Å²) < 4.78 is 0. The second-order valence-corrected chi connectivity index (χ2v) is 2.57. The summed E-state index contributed by atoms with van der Waals surface area (Å²) in [7, 11) is 0. The standard InChI is InChI=1S/C9H8N2O2/c12-9-6-7-10-11(9)13-8-4-2-1-3-5-8/h1-5,7H,6H2. The molecule has 1 heterocycles. The second-order valence-electron chi connectivity index (χ2n) is 2.57. The molecule has 0 spiro atoms. The van der Waals surface area contributed by atoms with Crippen molar-refractivity contribution >= 4 is 12.1 Å². The maximum atomic E-state index is 11.1. The lowest BCUT2D eigenvalue weighted by molar-refractivity contribution is -0.153. The van der Waals surface area contributed by atoms with Gasteiger partial charge in [-0.2, -0.15) is 0 Å². The molecule has 13 heavy (non-hydrogen) atoms. The summed E-state index contributed by atoms with van der Waals surface area (Å²) in [5, 5.41) is 4.74. The Kier molecular flexibility index (Phi) is 1.96. The van der Waals surface area contributed by atoms with Crippen molar-refractivity contribution in [2.45, 2.75) is 6.42 Å². The molecule has 1 aromatic carbocycles. The van der Waals surface area contributed by atoms with E-state index in [4.69, 9.17) is 4.84 Å². The minimum Gasteiger partial charge on any atom is -0.355 e. The van der Waals surface area contributed by atoms with Gasteiger partial charge >= 0.3 is 0 Å². The number of nitrogens with zero attached hydrogens (tertiary/aromatic N) is 2. The molecule has 1 aliphatic heterocycles. The van der Waals surface area contributed by atoms with E-state index < -0.39 is 0 Å². The molecular weight excluding hydrogens is 168 g/mol. The first kappa shape index (κ1) is 7.79. The zero-order chi connectivity index (χ0) is 9.10. The lowest BCUT2D eigenvalue weighted by atomic mass is 10.3. The minimum absolute atomic E-state index is 0.149. The van der Waals surface area contributed by atoms with Crippen LogP contribution in [0.1, 0.15) is 6.42 Å². The summed E-state index contributed by atoms with van der Waals surface area (Å²) in [6.45, 7) is 0. The highest BCUT2D eigenvalue weighted by Crippen LogP contribution is 2.12. The average molecular weight is 176 g/mol. The number of carbonyl (C=O) groups excluding carboxylic acids is 1. The molecule has 0 radical (unpaired) electrons. The summed E-state index contributed by atoms with van der Waals surface area (Å²) in [5.74, 6) is 0.457. The molecule has 4 heteroatoms. The molecule has 0 atom stereocenters. The quantitative estimate of drug-likeness (QED) is 0.679. The van der Waals surface area contributed by atoms with Crippen molar-refractivity contribution < 1.29 is 9.63 Å². The molecule has 66 valence electrons. The van der Waals surface area contributed by atoms with Crippen molar-refractivity contribution in [2.24, 2.45) is 5.10 Å². The summed E-state index contributed by atoms with van der Waals surface area (Å²) in [6.07, 6.45) is 1.83. The molecule has 1 aromatic rings. The minimum atomic E-state index is -0.149. The number of benzene rings is 1. The van der Waals surface area contributed by atoms with E-state index in [2.05, 4.69) is 5.10 Å². The first-order chi connectivity index (χ1) is 6.36. The number of hydrogen-bond acceptors (Lipinski definition) is 3. The van der Waals surface area contributed by atoms with Crippen LogP contribution in [0.2, 0.25) is 0 Å². The first-order valence-corrected chi connectivity index (χ1v) is 3.95. The Morgan fingerprint density at radius 2 is 2.08 bits per heavy atom. The maximum Gasteiger partial charge on any atom is 0.285 e. The predicted octanol–water partition coefficient (Wildman–Crippen LogP) is 1.20. The summed E-state index contributed by atoms with van der Waals surface area (Å²) in [5.41, 5.74) is 0. The predicted molar refractivity (Wildman–Crippen MR) is 47.0 cm³/mol. The Labute approximate surface area is 75.4 Å². The molecule has 0 bridgehead atoms. The van der Waals surface area contributed by atoms with Gasteiger partial charge in [0.25, 0.3) is 5.91 Å². The Morgan fingerprint density at radius 3 is 2.69 bits per heavy atom. The van der Waals surface area contributed by atoms with Gasteiger partial charge in [-0.1, -0.05) is 23.4 Å². The molecule has 0 unspecified atom stereocenters. The van der Waals surface area contributed by atoms with Gasteiger partial charge in [0.1, 0.15) is 0 Å². The van der Waals surface area contributed by atoms with Crippen LogP contribution in [0.5, 0.6) is 5.75 Å². The van der Waals surface area contributed by atoms with Crippen LogP contribution in [0.3, 0.4) is 0 Å². The van der Waals surface area contributed by atoms with E-state index in [1.165, 1.54) is 6.21 Å². The van der Waals surface area contributed by atoms with Crippen molar-refractivity contribution in [3.05, 3.63) is 30.3 Å². The fourth-order valence-corrected chi connectivity index (χ4v) is 0.991. The molecular formula is C9H8N2O2. The Morgan fingerprint density at radius 1 is 1.31 bits per heavy atom. The summed E-state index contributed by atoms with van der Waals surface area (Å²) in [4.78, 5) is 16.2. The van der Waals surface area contributed by atoms with Gasteiger partial charge in [0, 0.05) is 6.21 Å². The van der Waals surface area contributed by atoms with Gasteiger partial charge in [0.2, 0.25) is 0 Å². The smallest absolute Gasteiger partial charge is 0.285 e. The zero-order valence-electron chi connectivity index (χ0n) is 6.88. The second kappa shape index (κ2) is 3.26. The SMILES string of the molecule is O=C1CC=NN1Oc1ccccc1. The molecule has 0 N–H and O–H groups in total. The Bertz CT molecular complexity index is 335. The number of rotatable bonds is 2. The van der Waals surface area contributed by atoms with Crippen LogP contribution in [0, 0.1) is 0 Å². The van der Waals surface area contributed by atoms with Gasteiger partial charge in [0.05, 0.1) is 6.42 Å². The van der Waals surface area contributed by atoms with Crippen LogP contribution in [0.4, 0.5) is 0 Å². The van der Waals surface area contributed by atoms with Crippen molar-refractivity contribution in [3.63, 3.8) is 0 Å².